The third-order valence-electron chi connectivity index (χ3n) is 4.21. The zero-order valence-corrected chi connectivity index (χ0v) is 15.2. The molecule has 1 fully saturated rings. The van der Waals surface area contributed by atoms with Crippen LogP contribution in [0, 0.1) is 5.82 Å². The van der Waals surface area contributed by atoms with E-state index < -0.39 is 10.0 Å². The summed E-state index contributed by atoms with van der Waals surface area (Å²) in [6.07, 6.45) is 1.05. The van der Waals surface area contributed by atoms with Crippen molar-refractivity contribution in [2.75, 3.05) is 42.1 Å². The number of sulfonamides is 1. The number of nitrogens with zero attached hydrogens (tertiary/aromatic N) is 2. The molecule has 0 spiro atoms. The van der Waals surface area contributed by atoms with Gasteiger partial charge in [-0.05, 0) is 36.4 Å². The van der Waals surface area contributed by atoms with Crippen molar-refractivity contribution in [3.63, 3.8) is 0 Å². The van der Waals surface area contributed by atoms with E-state index in [1.165, 1.54) is 12.1 Å². The number of nitrogens with one attached hydrogen (secondary N) is 1. The van der Waals surface area contributed by atoms with Crippen molar-refractivity contribution < 1.29 is 17.6 Å². The predicted molar refractivity (Wildman–Crippen MR) is 99.4 cm³/mol. The van der Waals surface area contributed by atoms with E-state index in [2.05, 4.69) is 9.62 Å². The van der Waals surface area contributed by atoms with Crippen molar-refractivity contribution in [1.29, 1.82) is 0 Å². The number of anilines is 2. The van der Waals surface area contributed by atoms with E-state index in [0.29, 0.717) is 31.7 Å². The van der Waals surface area contributed by atoms with E-state index in [1.54, 1.807) is 41.3 Å². The van der Waals surface area contributed by atoms with Gasteiger partial charge in [0, 0.05) is 31.9 Å². The number of hydrogen-bond acceptors (Lipinski definition) is 4. The summed E-state index contributed by atoms with van der Waals surface area (Å²) in [7, 11) is -3.47. The Labute approximate surface area is 152 Å². The van der Waals surface area contributed by atoms with Gasteiger partial charge in [-0.15, -0.1) is 0 Å². The van der Waals surface area contributed by atoms with Crippen LogP contribution in [0.15, 0.2) is 48.5 Å². The van der Waals surface area contributed by atoms with Crippen LogP contribution in [0.3, 0.4) is 0 Å². The summed E-state index contributed by atoms with van der Waals surface area (Å²) >= 11 is 0. The number of benzene rings is 2. The Kier molecular flexibility index (Phi) is 5.13. The smallest absolute Gasteiger partial charge is 0.256 e. The maximum atomic E-state index is 13.0. The average Bonchev–Trinajstić information content (AvgIpc) is 2.61. The second-order valence-corrected chi connectivity index (χ2v) is 7.92. The molecule has 26 heavy (non-hydrogen) atoms. The molecule has 0 aliphatic carbocycles. The van der Waals surface area contributed by atoms with Crippen LogP contribution < -0.4 is 9.62 Å². The number of carbonyl (C=O) groups is 1. The number of halogens is 1. The molecule has 8 heteroatoms. The minimum atomic E-state index is -3.47. The van der Waals surface area contributed by atoms with Gasteiger partial charge >= 0.3 is 0 Å². The van der Waals surface area contributed by atoms with Crippen LogP contribution in [-0.4, -0.2) is 51.7 Å². The molecule has 1 N–H and O–H groups in total. The third-order valence-corrected chi connectivity index (χ3v) is 4.80. The first-order chi connectivity index (χ1) is 12.3. The molecule has 0 bridgehead atoms. The maximum absolute atomic E-state index is 13.0. The molecular formula is C18H20FN3O3S. The molecule has 2 aromatic carbocycles. The molecule has 1 aliphatic rings. The minimum Gasteiger partial charge on any atom is -0.368 e. The normalized spacial score (nSPS) is 15.0. The highest BCUT2D eigenvalue weighted by Gasteiger charge is 2.24. The standard InChI is InChI=1S/C18H20FN3O3S/c1-26(24,25)20-17-5-3-2-4-16(17)18(23)22-12-10-21(11-13-22)15-8-6-14(19)7-9-15/h2-9,20H,10-13H2,1H3. The van der Waals surface area contributed by atoms with Crippen LogP contribution >= 0.6 is 0 Å². The lowest BCUT2D eigenvalue weighted by Crippen LogP contribution is -2.49. The predicted octanol–water partition coefficient (Wildman–Crippen LogP) is 2.16. The Morgan fingerprint density at radius 1 is 1.00 bits per heavy atom. The zero-order chi connectivity index (χ0) is 18.7. The lowest BCUT2D eigenvalue weighted by molar-refractivity contribution is 0.0748. The van der Waals surface area contributed by atoms with E-state index in [1.807, 2.05) is 0 Å². The summed E-state index contributed by atoms with van der Waals surface area (Å²) in [4.78, 5) is 16.6. The van der Waals surface area contributed by atoms with Crippen molar-refractivity contribution in [2.24, 2.45) is 0 Å². The van der Waals surface area contributed by atoms with Crippen LogP contribution in [0.5, 0.6) is 0 Å². The summed E-state index contributed by atoms with van der Waals surface area (Å²) in [5.41, 5.74) is 1.52. The van der Waals surface area contributed by atoms with E-state index in [-0.39, 0.29) is 17.4 Å². The highest BCUT2D eigenvalue weighted by Crippen LogP contribution is 2.21. The Morgan fingerprint density at radius 2 is 1.62 bits per heavy atom. The van der Waals surface area contributed by atoms with Crippen LogP contribution in [0.25, 0.3) is 0 Å². The summed E-state index contributed by atoms with van der Waals surface area (Å²) < 4.78 is 38.4. The highest BCUT2D eigenvalue weighted by molar-refractivity contribution is 7.92. The molecule has 6 nitrogen and oxygen atoms in total. The molecule has 1 amide bonds. The number of rotatable bonds is 4. The van der Waals surface area contributed by atoms with Crippen molar-refractivity contribution in [3.8, 4) is 0 Å². The summed E-state index contributed by atoms with van der Waals surface area (Å²) in [5, 5.41) is 0. The number of carbonyl (C=O) groups excluding carboxylic acids is 1. The summed E-state index contributed by atoms with van der Waals surface area (Å²) in [6.45, 7) is 2.25. The Bertz CT molecular complexity index is 892. The zero-order valence-electron chi connectivity index (χ0n) is 14.4. The van der Waals surface area contributed by atoms with Gasteiger partial charge in [0.1, 0.15) is 5.82 Å². The Balaban J connectivity index is 1.70. The van der Waals surface area contributed by atoms with Gasteiger partial charge < -0.3 is 9.80 Å². The molecule has 3 rings (SSSR count). The maximum Gasteiger partial charge on any atom is 0.256 e. The first-order valence-corrected chi connectivity index (χ1v) is 10.1. The van der Waals surface area contributed by atoms with Crippen molar-refractivity contribution in [3.05, 3.63) is 59.9 Å². The number of para-hydroxylation sites is 1. The molecule has 0 unspecified atom stereocenters. The largest absolute Gasteiger partial charge is 0.368 e. The molecule has 138 valence electrons. The van der Waals surface area contributed by atoms with Gasteiger partial charge in [-0.25, -0.2) is 12.8 Å². The van der Waals surface area contributed by atoms with Crippen LogP contribution in [0.2, 0.25) is 0 Å². The SMILES string of the molecule is CS(=O)(=O)Nc1ccccc1C(=O)N1CCN(c2ccc(F)cc2)CC1. The van der Waals surface area contributed by atoms with Gasteiger partial charge in [0.25, 0.3) is 5.91 Å². The molecule has 1 saturated heterocycles. The quantitative estimate of drug-likeness (QED) is 0.887. The monoisotopic (exact) mass is 377 g/mol. The van der Waals surface area contributed by atoms with E-state index >= 15 is 0 Å². The van der Waals surface area contributed by atoms with Crippen LogP contribution in [0.1, 0.15) is 10.4 Å². The van der Waals surface area contributed by atoms with Crippen molar-refractivity contribution in [2.45, 2.75) is 0 Å². The fraction of sp³-hybridized carbons (Fsp3) is 0.278. The molecule has 0 radical (unpaired) electrons. The first kappa shape index (κ1) is 18.2. The Hall–Kier alpha value is -2.61. The molecule has 2 aromatic rings. The van der Waals surface area contributed by atoms with Gasteiger partial charge in [-0.1, -0.05) is 12.1 Å². The van der Waals surface area contributed by atoms with E-state index in [4.69, 9.17) is 0 Å². The minimum absolute atomic E-state index is 0.212. The fourth-order valence-electron chi connectivity index (χ4n) is 2.95. The third kappa shape index (κ3) is 4.32. The Morgan fingerprint density at radius 3 is 2.23 bits per heavy atom. The summed E-state index contributed by atoms with van der Waals surface area (Å²) in [6, 6.07) is 12.8. The topological polar surface area (TPSA) is 69.7 Å². The highest BCUT2D eigenvalue weighted by atomic mass is 32.2. The van der Waals surface area contributed by atoms with Crippen LogP contribution in [0.4, 0.5) is 15.8 Å². The molecule has 0 saturated carbocycles. The van der Waals surface area contributed by atoms with Gasteiger partial charge in [-0.3, -0.25) is 9.52 Å². The van der Waals surface area contributed by atoms with Gasteiger partial charge in [0.05, 0.1) is 17.5 Å². The molecular weight excluding hydrogens is 357 g/mol. The fourth-order valence-corrected chi connectivity index (χ4v) is 3.53. The second-order valence-electron chi connectivity index (χ2n) is 6.18. The first-order valence-electron chi connectivity index (χ1n) is 8.20. The molecule has 1 heterocycles. The van der Waals surface area contributed by atoms with Crippen molar-refractivity contribution >= 4 is 27.3 Å². The number of piperazine rings is 1. The molecule has 0 aromatic heterocycles. The summed E-state index contributed by atoms with van der Waals surface area (Å²) in [5.74, 6) is -0.493. The lowest BCUT2D eigenvalue weighted by atomic mass is 10.1. The molecule has 0 atom stereocenters. The molecule has 1 aliphatic heterocycles. The van der Waals surface area contributed by atoms with Crippen molar-refractivity contribution in [1.82, 2.24) is 4.90 Å². The van der Waals surface area contributed by atoms with Gasteiger partial charge in [0.15, 0.2) is 0 Å². The van der Waals surface area contributed by atoms with E-state index in [9.17, 15) is 17.6 Å². The van der Waals surface area contributed by atoms with Gasteiger partial charge in [0.2, 0.25) is 10.0 Å². The number of amides is 1. The number of hydrogen-bond donors (Lipinski definition) is 1. The second kappa shape index (κ2) is 7.33. The van der Waals surface area contributed by atoms with Crippen LogP contribution in [-0.2, 0) is 10.0 Å². The van der Waals surface area contributed by atoms with Gasteiger partial charge in [-0.2, -0.15) is 0 Å². The average molecular weight is 377 g/mol. The van der Waals surface area contributed by atoms with E-state index in [0.717, 1.165) is 11.9 Å². The lowest BCUT2D eigenvalue weighted by Gasteiger charge is -2.36.